The molecule has 1 saturated carbocycles. The summed E-state index contributed by atoms with van der Waals surface area (Å²) in [6.45, 7) is 2.74. The third-order valence-corrected chi connectivity index (χ3v) is 5.75. The SMILES string of the molecule is Cc1sc(CCNC(=O)C[C@@H]2CCC[C@H]2N)nc1-c1ccccc1. The summed E-state index contributed by atoms with van der Waals surface area (Å²) < 4.78 is 0. The molecule has 0 aliphatic heterocycles. The Hall–Kier alpha value is -1.72. The zero-order valence-electron chi connectivity index (χ0n) is 14.1. The van der Waals surface area contributed by atoms with Crippen molar-refractivity contribution in [1.82, 2.24) is 10.3 Å². The summed E-state index contributed by atoms with van der Waals surface area (Å²) in [5.74, 6) is 0.478. The Morgan fingerprint density at radius 3 is 2.83 bits per heavy atom. The lowest BCUT2D eigenvalue weighted by Crippen LogP contribution is -2.32. The lowest BCUT2D eigenvalue weighted by molar-refractivity contribution is -0.122. The van der Waals surface area contributed by atoms with Crippen LogP contribution in [0.3, 0.4) is 0 Å². The Morgan fingerprint density at radius 2 is 2.12 bits per heavy atom. The van der Waals surface area contributed by atoms with Crippen LogP contribution in [0.2, 0.25) is 0 Å². The van der Waals surface area contributed by atoms with Crippen molar-refractivity contribution in [2.24, 2.45) is 11.7 Å². The van der Waals surface area contributed by atoms with E-state index in [-0.39, 0.29) is 11.9 Å². The third kappa shape index (κ3) is 4.22. The number of benzene rings is 1. The fraction of sp³-hybridized carbons (Fsp3) is 0.474. The van der Waals surface area contributed by atoms with Crippen molar-refractivity contribution in [2.45, 2.75) is 45.1 Å². The molecule has 4 nitrogen and oxygen atoms in total. The summed E-state index contributed by atoms with van der Waals surface area (Å²) in [7, 11) is 0. The van der Waals surface area contributed by atoms with Crippen molar-refractivity contribution in [1.29, 1.82) is 0 Å². The van der Waals surface area contributed by atoms with Gasteiger partial charge in [-0.25, -0.2) is 4.98 Å². The molecule has 128 valence electrons. The van der Waals surface area contributed by atoms with Crippen molar-refractivity contribution < 1.29 is 4.79 Å². The van der Waals surface area contributed by atoms with Crippen LogP contribution in [0.1, 0.15) is 35.6 Å². The van der Waals surface area contributed by atoms with E-state index in [0.29, 0.717) is 18.9 Å². The van der Waals surface area contributed by atoms with E-state index in [4.69, 9.17) is 10.7 Å². The number of rotatable bonds is 6. The predicted octanol–water partition coefficient (Wildman–Crippen LogP) is 3.29. The second-order valence-electron chi connectivity index (χ2n) is 6.54. The molecule has 24 heavy (non-hydrogen) atoms. The van der Waals surface area contributed by atoms with Gasteiger partial charge in [-0.05, 0) is 25.7 Å². The minimum atomic E-state index is 0.119. The van der Waals surface area contributed by atoms with Gasteiger partial charge < -0.3 is 11.1 Å². The highest BCUT2D eigenvalue weighted by Gasteiger charge is 2.25. The van der Waals surface area contributed by atoms with Gasteiger partial charge in [0.1, 0.15) is 0 Å². The summed E-state index contributed by atoms with van der Waals surface area (Å²) >= 11 is 1.71. The van der Waals surface area contributed by atoms with Gasteiger partial charge in [0.2, 0.25) is 5.91 Å². The normalized spacial score (nSPS) is 20.2. The molecule has 0 spiro atoms. The van der Waals surface area contributed by atoms with Crippen molar-refractivity contribution in [2.75, 3.05) is 6.54 Å². The molecule has 1 fully saturated rings. The summed E-state index contributed by atoms with van der Waals surface area (Å²) in [6.07, 6.45) is 4.63. The molecule has 0 bridgehead atoms. The van der Waals surface area contributed by atoms with Gasteiger partial charge >= 0.3 is 0 Å². The van der Waals surface area contributed by atoms with E-state index in [1.54, 1.807) is 11.3 Å². The van der Waals surface area contributed by atoms with Crippen molar-refractivity contribution in [3.63, 3.8) is 0 Å². The van der Waals surface area contributed by atoms with Crippen LogP contribution in [0.4, 0.5) is 0 Å². The Bertz CT molecular complexity index is 683. The van der Waals surface area contributed by atoms with E-state index < -0.39 is 0 Å². The van der Waals surface area contributed by atoms with Gasteiger partial charge in [0.15, 0.2) is 0 Å². The number of nitrogens with zero attached hydrogens (tertiary/aromatic N) is 1. The molecule has 3 N–H and O–H groups in total. The van der Waals surface area contributed by atoms with Gasteiger partial charge in [0, 0.05) is 35.9 Å². The van der Waals surface area contributed by atoms with Crippen molar-refractivity contribution >= 4 is 17.2 Å². The van der Waals surface area contributed by atoms with Crippen LogP contribution in [0.25, 0.3) is 11.3 Å². The van der Waals surface area contributed by atoms with Crippen LogP contribution in [0, 0.1) is 12.8 Å². The zero-order valence-corrected chi connectivity index (χ0v) is 14.9. The molecule has 0 unspecified atom stereocenters. The summed E-state index contributed by atoms with van der Waals surface area (Å²) in [6, 6.07) is 10.4. The second kappa shape index (κ2) is 7.90. The molecule has 2 aromatic rings. The average molecular weight is 343 g/mol. The van der Waals surface area contributed by atoms with Gasteiger partial charge in [-0.1, -0.05) is 36.8 Å². The van der Waals surface area contributed by atoms with Crippen LogP contribution >= 0.6 is 11.3 Å². The minimum Gasteiger partial charge on any atom is -0.356 e. The molecule has 1 aliphatic carbocycles. The molecule has 1 aromatic heterocycles. The monoisotopic (exact) mass is 343 g/mol. The first-order chi connectivity index (χ1) is 11.6. The molecule has 1 amide bonds. The predicted molar refractivity (Wildman–Crippen MR) is 98.9 cm³/mol. The largest absolute Gasteiger partial charge is 0.356 e. The highest BCUT2D eigenvalue weighted by Crippen LogP contribution is 2.28. The maximum atomic E-state index is 12.0. The second-order valence-corrected chi connectivity index (χ2v) is 7.83. The first kappa shape index (κ1) is 17.1. The number of thiazole rings is 1. The summed E-state index contributed by atoms with van der Waals surface area (Å²) in [4.78, 5) is 18.0. The molecule has 3 rings (SSSR count). The zero-order chi connectivity index (χ0) is 16.9. The lowest BCUT2D eigenvalue weighted by Gasteiger charge is -2.14. The first-order valence-electron chi connectivity index (χ1n) is 8.67. The van der Waals surface area contributed by atoms with E-state index in [1.165, 1.54) is 4.88 Å². The number of aryl methyl sites for hydroxylation is 1. The van der Waals surface area contributed by atoms with Crippen molar-refractivity contribution in [3.8, 4) is 11.3 Å². The third-order valence-electron chi connectivity index (χ3n) is 4.71. The maximum Gasteiger partial charge on any atom is 0.220 e. The van der Waals surface area contributed by atoms with Gasteiger partial charge in [0.25, 0.3) is 0 Å². The van der Waals surface area contributed by atoms with E-state index in [9.17, 15) is 4.79 Å². The molecular formula is C19H25N3OS. The van der Waals surface area contributed by atoms with E-state index in [0.717, 1.165) is 41.9 Å². The smallest absolute Gasteiger partial charge is 0.220 e. The van der Waals surface area contributed by atoms with Gasteiger partial charge in [0.05, 0.1) is 10.7 Å². The maximum absolute atomic E-state index is 12.0. The van der Waals surface area contributed by atoms with Gasteiger partial charge in [-0.2, -0.15) is 0 Å². The Balaban J connectivity index is 1.49. The van der Waals surface area contributed by atoms with Crippen LogP contribution in [-0.2, 0) is 11.2 Å². The molecule has 2 atom stereocenters. The molecule has 5 heteroatoms. The highest BCUT2D eigenvalue weighted by atomic mass is 32.1. The number of carbonyl (C=O) groups excluding carboxylic acids is 1. The Morgan fingerprint density at radius 1 is 1.33 bits per heavy atom. The van der Waals surface area contributed by atoms with E-state index in [2.05, 4.69) is 24.4 Å². The number of aromatic nitrogens is 1. The first-order valence-corrected chi connectivity index (χ1v) is 9.49. The fourth-order valence-corrected chi connectivity index (χ4v) is 4.31. The van der Waals surface area contributed by atoms with E-state index >= 15 is 0 Å². The quantitative estimate of drug-likeness (QED) is 0.845. The van der Waals surface area contributed by atoms with Crippen LogP contribution in [0.15, 0.2) is 30.3 Å². The Kier molecular flexibility index (Phi) is 5.63. The molecule has 1 aliphatic rings. The molecule has 1 heterocycles. The topological polar surface area (TPSA) is 68.0 Å². The molecular weight excluding hydrogens is 318 g/mol. The van der Waals surface area contributed by atoms with Crippen LogP contribution < -0.4 is 11.1 Å². The van der Waals surface area contributed by atoms with Crippen molar-refractivity contribution in [3.05, 3.63) is 40.2 Å². The Labute approximate surface area is 147 Å². The average Bonchev–Trinajstić information content (AvgIpc) is 3.14. The number of carbonyl (C=O) groups is 1. The molecule has 0 saturated heterocycles. The van der Waals surface area contributed by atoms with Gasteiger partial charge in [-0.3, -0.25) is 4.79 Å². The number of hydrogen-bond donors (Lipinski definition) is 2. The minimum absolute atomic E-state index is 0.119. The van der Waals surface area contributed by atoms with E-state index in [1.807, 2.05) is 18.2 Å². The lowest BCUT2D eigenvalue weighted by atomic mass is 10.00. The van der Waals surface area contributed by atoms with Crippen LogP contribution in [-0.4, -0.2) is 23.5 Å². The standard InChI is InChI=1S/C19H25N3OS/c1-13-19(14-6-3-2-4-7-14)22-18(24-13)10-11-21-17(23)12-15-8-5-9-16(15)20/h2-4,6-7,15-16H,5,8-12,20H2,1H3,(H,21,23)/t15-,16+/m0/s1. The fourth-order valence-electron chi connectivity index (χ4n) is 3.36. The summed E-state index contributed by atoms with van der Waals surface area (Å²) in [5.41, 5.74) is 8.24. The summed E-state index contributed by atoms with van der Waals surface area (Å²) in [5, 5.41) is 4.09. The number of hydrogen-bond acceptors (Lipinski definition) is 4. The van der Waals surface area contributed by atoms with Gasteiger partial charge in [-0.15, -0.1) is 11.3 Å². The van der Waals surface area contributed by atoms with Crippen LogP contribution in [0.5, 0.6) is 0 Å². The number of nitrogens with one attached hydrogen (secondary N) is 1. The molecule has 0 radical (unpaired) electrons. The molecule has 1 aromatic carbocycles. The number of amides is 1. The highest BCUT2D eigenvalue weighted by molar-refractivity contribution is 7.12. The number of nitrogens with two attached hydrogens (primary N) is 1.